The molecule has 0 saturated carbocycles. The van der Waals surface area contributed by atoms with Crippen LogP contribution in [0.5, 0.6) is 0 Å². The largest absolute Gasteiger partial charge is 0.460 e. The molecule has 0 aliphatic carbocycles. The molecule has 0 heterocycles. The van der Waals surface area contributed by atoms with E-state index < -0.39 is 58.4 Å². The molecule has 0 aromatic carbocycles. The Morgan fingerprint density at radius 1 is 0.839 bits per heavy atom. The molecule has 9 nitrogen and oxygen atoms in total. The maximum Gasteiger partial charge on any atom is 0.329 e. The van der Waals surface area contributed by atoms with Crippen molar-refractivity contribution in [2.45, 2.75) is 105 Å². The van der Waals surface area contributed by atoms with Gasteiger partial charge in [0.25, 0.3) is 0 Å². The zero-order valence-corrected chi connectivity index (χ0v) is 20.5. The zero-order chi connectivity index (χ0) is 24.8. The smallest absolute Gasteiger partial charge is 0.329 e. The van der Waals surface area contributed by atoms with E-state index in [1.54, 1.807) is 41.5 Å². The van der Waals surface area contributed by atoms with Crippen molar-refractivity contribution in [2.24, 2.45) is 22.8 Å². The summed E-state index contributed by atoms with van der Waals surface area (Å²) in [5.74, 6) is -3.00. The van der Waals surface area contributed by atoms with Crippen LogP contribution in [0.3, 0.4) is 0 Å². The molecule has 0 aliphatic heterocycles. The second kappa shape index (κ2) is 10.9. The van der Waals surface area contributed by atoms with Gasteiger partial charge in [-0.15, -0.1) is 0 Å². The van der Waals surface area contributed by atoms with Gasteiger partial charge < -0.3 is 26.3 Å². The molecule has 5 N–H and O–H groups in total. The number of nitrogens with two attached hydrogens (primary N) is 2. The van der Waals surface area contributed by atoms with E-state index in [9.17, 15) is 19.2 Å². The Balaban J connectivity index is 5.39. The predicted molar refractivity (Wildman–Crippen MR) is 118 cm³/mol. The van der Waals surface area contributed by atoms with Gasteiger partial charge in [0, 0.05) is 6.42 Å². The summed E-state index contributed by atoms with van der Waals surface area (Å²) in [5.41, 5.74) is 9.31. The second-order valence-electron chi connectivity index (χ2n) is 10.9. The quantitative estimate of drug-likeness (QED) is 0.460. The Hall–Kier alpha value is -2.16. The van der Waals surface area contributed by atoms with Crippen LogP contribution in [-0.4, -0.2) is 47.0 Å². The molecule has 0 saturated heterocycles. The van der Waals surface area contributed by atoms with Crippen LogP contribution in [0.15, 0.2) is 0 Å². The Morgan fingerprint density at radius 2 is 1.29 bits per heavy atom. The third-order valence-corrected chi connectivity index (χ3v) is 4.25. The number of nitrogens with one attached hydrogen (secondary N) is 1. The Labute approximate surface area is 186 Å². The molecule has 0 bridgehead atoms. The number of carbonyl (C=O) groups excluding carboxylic acids is 4. The lowest BCUT2D eigenvalue weighted by Gasteiger charge is -2.33. The van der Waals surface area contributed by atoms with Crippen molar-refractivity contribution < 1.29 is 28.7 Å². The fourth-order valence-corrected chi connectivity index (χ4v) is 2.72. The third kappa shape index (κ3) is 12.3. The monoisotopic (exact) mass is 443 g/mol. The molecule has 3 atom stereocenters. The summed E-state index contributed by atoms with van der Waals surface area (Å²) in [6.45, 7) is 16.0. The van der Waals surface area contributed by atoms with Gasteiger partial charge in [0.1, 0.15) is 17.2 Å². The number of rotatable bonds is 9. The van der Waals surface area contributed by atoms with Gasteiger partial charge in [-0.25, -0.2) is 4.79 Å². The lowest BCUT2D eigenvalue weighted by Crippen LogP contribution is -2.51. The van der Waals surface area contributed by atoms with Gasteiger partial charge in [-0.2, -0.15) is 0 Å². The van der Waals surface area contributed by atoms with Crippen LogP contribution < -0.4 is 16.8 Å². The SMILES string of the molecule is CC(C)(C)OC(=O)C(C[C@H](N)C(=O)N[C@@H](CCC(N)=O)C(=O)OC(C)(C)C)C(C)(C)C. The maximum absolute atomic E-state index is 12.7. The van der Waals surface area contributed by atoms with Crippen LogP contribution in [0.4, 0.5) is 0 Å². The summed E-state index contributed by atoms with van der Waals surface area (Å²) in [4.78, 5) is 49.0. The number of esters is 2. The molecule has 31 heavy (non-hydrogen) atoms. The minimum Gasteiger partial charge on any atom is -0.460 e. The van der Waals surface area contributed by atoms with Crippen molar-refractivity contribution in [1.29, 1.82) is 0 Å². The fraction of sp³-hybridized carbons (Fsp3) is 0.818. The molecule has 2 amide bonds. The van der Waals surface area contributed by atoms with Gasteiger partial charge in [0.2, 0.25) is 11.8 Å². The Kier molecular flexibility index (Phi) is 10.2. The van der Waals surface area contributed by atoms with Crippen LogP contribution in [0.1, 0.15) is 81.6 Å². The highest BCUT2D eigenvalue weighted by Gasteiger charge is 2.38. The molecule has 1 unspecified atom stereocenters. The summed E-state index contributed by atoms with van der Waals surface area (Å²) in [7, 11) is 0. The highest BCUT2D eigenvalue weighted by atomic mass is 16.6. The topological polar surface area (TPSA) is 151 Å². The Bertz CT molecular complexity index is 656. The molecular weight excluding hydrogens is 402 g/mol. The van der Waals surface area contributed by atoms with Gasteiger partial charge in [0.15, 0.2) is 0 Å². The van der Waals surface area contributed by atoms with Crippen LogP contribution in [-0.2, 0) is 28.7 Å². The van der Waals surface area contributed by atoms with Crippen LogP contribution in [0, 0.1) is 11.3 Å². The molecule has 0 aliphatic rings. The Morgan fingerprint density at radius 3 is 1.68 bits per heavy atom. The van der Waals surface area contributed by atoms with Crippen molar-refractivity contribution in [3.05, 3.63) is 0 Å². The molecule has 180 valence electrons. The van der Waals surface area contributed by atoms with E-state index in [1.807, 2.05) is 20.8 Å². The number of ether oxygens (including phenoxy) is 2. The van der Waals surface area contributed by atoms with E-state index in [0.717, 1.165) is 0 Å². The van der Waals surface area contributed by atoms with Crippen molar-refractivity contribution in [2.75, 3.05) is 0 Å². The van der Waals surface area contributed by atoms with E-state index in [0.29, 0.717) is 0 Å². The standard InChI is InChI=1S/C22H41N3O6/c1-20(2,3)13(18(28)30-21(4,5)6)12-14(23)17(27)25-15(10-11-16(24)26)19(29)31-22(7,8)9/h13-15H,10-12,23H2,1-9H3,(H2,24,26)(H,25,27)/t13?,14-,15-/m0/s1. The number of carbonyl (C=O) groups is 4. The summed E-state index contributed by atoms with van der Waals surface area (Å²) >= 11 is 0. The van der Waals surface area contributed by atoms with Crippen LogP contribution in [0.25, 0.3) is 0 Å². The minimum absolute atomic E-state index is 0.0164. The average Bonchev–Trinajstić information content (AvgIpc) is 2.50. The van der Waals surface area contributed by atoms with Crippen molar-refractivity contribution in [3.63, 3.8) is 0 Å². The summed E-state index contributed by atoms with van der Waals surface area (Å²) < 4.78 is 10.8. The maximum atomic E-state index is 12.7. The van der Waals surface area contributed by atoms with E-state index in [1.165, 1.54) is 0 Å². The lowest BCUT2D eigenvalue weighted by molar-refractivity contribution is -0.165. The number of primary amides is 1. The van der Waals surface area contributed by atoms with Crippen LogP contribution >= 0.6 is 0 Å². The average molecular weight is 444 g/mol. The van der Waals surface area contributed by atoms with Gasteiger partial charge in [-0.05, 0) is 59.8 Å². The van der Waals surface area contributed by atoms with Crippen molar-refractivity contribution >= 4 is 23.8 Å². The van der Waals surface area contributed by atoms with Gasteiger partial charge in [0.05, 0.1) is 12.0 Å². The number of amides is 2. The fourth-order valence-electron chi connectivity index (χ4n) is 2.72. The molecule has 0 spiro atoms. The first-order valence-electron chi connectivity index (χ1n) is 10.5. The number of hydrogen-bond acceptors (Lipinski definition) is 7. The first kappa shape index (κ1) is 28.8. The van der Waals surface area contributed by atoms with Gasteiger partial charge >= 0.3 is 11.9 Å². The molecule has 9 heteroatoms. The number of hydrogen-bond donors (Lipinski definition) is 3. The predicted octanol–water partition coefficient (Wildman–Crippen LogP) is 1.80. The van der Waals surface area contributed by atoms with Gasteiger partial charge in [-0.3, -0.25) is 14.4 Å². The summed E-state index contributed by atoms with van der Waals surface area (Å²) in [6.07, 6.45) is -0.0967. The summed E-state index contributed by atoms with van der Waals surface area (Å²) in [6, 6.07) is -2.16. The van der Waals surface area contributed by atoms with Crippen molar-refractivity contribution in [3.8, 4) is 0 Å². The highest BCUT2D eigenvalue weighted by Crippen LogP contribution is 2.32. The second-order valence-corrected chi connectivity index (χ2v) is 10.9. The zero-order valence-electron chi connectivity index (χ0n) is 20.5. The molecule has 0 radical (unpaired) electrons. The molecule has 0 fully saturated rings. The molecule has 0 aromatic heterocycles. The third-order valence-electron chi connectivity index (χ3n) is 4.25. The van der Waals surface area contributed by atoms with Gasteiger partial charge in [-0.1, -0.05) is 20.8 Å². The van der Waals surface area contributed by atoms with E-state index in [4.69, 9.17) is 20.9 Å². The molecule has 0 rings (SSSR count). The minimum atomic E-state index is -1.08. The van der Waals surface area contributed by atoms with Crippen molar-refractivity contribution in [1.82, 2.24) is 5.32 Å². The van der Waals surface area contributed by atoms with Crippen LogP contribution in [0.2, 0.25) is 0 Å². The molecule has 0 aromatic rings. The molecular formula is C22H41N3O6. The van der Waals surface area contributed by atoms with E-state index >= 15 is 0 Å². The normalized spacial score (nSPS) is 15.4. The first-order chi connectivity index (χ1) is 13.7. The van der Waals surface area contributed by atoms with E-state index in [2.05, 4.69) is 5.32 Å². The van der Waals surface area contributed by atoms with E-state index in [-0.39, 0.29) is 19.3 Å². The summed E-state index contributed by atoms with van der Waals surface area (Å²) in [5, 5.41) is 2.54. The highest BCUT2D eigenvalue weighted by molar-refractivity contribution is 5.88. The lowest BCUT2D eigenvalue weighted by atomic mass is 9.77. The first-order valence-corrected chi connectivity index (χ1v) is 10.5.